The molecule has 0 atom stereocenters. The maximum atomic E-state index is 13.6. The Bertz CT molecular complexity index is 1180. The molecule has 1 aliphatic carbocycles. The van der Waals surface area contributed by atoms with Crippen LogP contribution in [-0.4, -0.2) is 43.1 Å². The quantitative estimate of drug-likeness (QED) is 0.510. The number of methoxy groups -OCH3 is 2. The van der Waals surface area contributed by atoms with Gasteiger partial charge in [-0.3, -0.25) is 4.79 Å². The highest BCUT2D eigenvalue weighted by atomic mass is 16.5. The first-order valence-electron chi connectivity index (χ1n) is 11.2. The molecule has 32 heavy (non-hydrogen) atoms. The van der Waals surface area contributed by atoms with Crippen molar-refractivity contribution in [3.8, 4) is 11.5 Å². The van der Waals surface area contributed by atoms with Gasteiger partial charge in [-0.15, -0.1) is 0 Å². The molecule has 0 fully saturated rings. The predicted octanol–water partition coefficient (Wildman–Crippen LogP) is 5.61. The fourth-order valence-electron chi connectivity index (χ4n) is 4.53. The Morgan fingerprint density at radius 2 is 1.78 bits per heavy atom. The number of pyridine rings is 1. The Morgan fingerprint density at radius 1 is 1.03 bits per heavy atom. The van der Waals surface area contributed by atoms with E-state index in [0.717, 1.165) is 58.1 Å². The van der Waals surface area contributed by atoms with Crippen LogP contribution >= 0.6 is 0 Å². The predicted molar refractivity (Wildman–Crippen MR) is 129 cm³/mol. The van der Waals surface area contributed by atoms with E-state index in [1.165, 1.54) is 0 Å². The van der Waals surface area contributed by atoms with Crippen LogP contribution in [0.5, 0.6) is 11.5 Å². The molecule has 1 aliphatic rings. The van der Waals surface area contributed by atoms with Gasteiger partial charge >= 0.3 is 0 Å². The topological polar surface area (TPSA) is 51.7 Å². The van der Waals surface area contributed by atoms with Crippen LogP contribution in [0.1, 0.15) is 53.9 Å². The molecule has 0 radical (unpaired) electrons. The fourth-order valence-corrected chi connectivity index (χ4v) is 4.53. The molecule has 0 spiro atoms. The molecule has 1 aromatic heterocycles. The molecular formula is C27H30N2O3. The molecule has 5 nitrogen and oxygen atoms in total. The second-order valence-electron chi connectivity index (χ2n) is 7.95. The van der Waals surface area contributed by atoms with Gasteiger partial charge in [-0.2, -0.15) is 0 Å². The number of para-hydroxylation sites is 1. The van der Waals surface area contributed by atoms with E-state index in [0.29, 0.717) is 24.6 Å². The number of fused-ring (bicyclic) bond motifs is 2. The normalized spacial score (nSPS) is 14.3. The molecule has 1 heterocycles. The Hall–Kier alpha value is -3.34. The molecule has 0 N–H and O–H groups in total. The lowest BCUT2D eigenvalue weighted by molar-refractivity contribution is 0.0773. The maximum absolute atomic E-state index is 13.6. The van der Waals surface area contributed by atoms with E-state index in [9.17, 15) is 4.79 Å². The summed E-state index contributed by atoms with van der Waals surface area (Å²) >= 11 is 0. The van der Waals surface area contributed by atoms with Gasteiger partial charge in [0, 0.05) is 18.5 Å². The molecule has 0 saturated carbocycles. The van der Waals surface area contributed by atoms with Crippen LogP contribution in [0.4, 0.5) is 0 Å². The van der Waals surface area contributed by atoms with Gasteiger partial charge in [0.05, 0.1) is 31.0 Å². The standard InChI is InChI=1S/C27H30N2O3/c1-5-29(6-2)27(30)25-20-11-7-8-13-22(20)28-26-19(10-9-12-21(25)26)16-18-14-15-23(31-3)24(17-18)32-4/h7-8,11,13-17H,5-6,9-10,12H2,1-4H3/b19-16-. The van der Waals surface area contributed by atoms with Crippen LogP contribution in [0.3, 0.4) is 0 Å². The van der Waals surface area contributed by atoms with E-state index >= 15 is 0 Å². The van der Waals surface area contributed by atoms with Crippen LogP contribution in [0.2, 0.25) is 0 Å². The van der Waals surface area contributed by atoms with Gasteiger partial charge in [0.1, 0.15) is 0 Å². The third-order valence-corrected chi connectivity index (χ3v) is 6.18. The summed E-state index contributed by atoms with van der Waals surface area (Å²) in [6.07, 6.45) is 4.93. The van der Waals surface area contributed by atoms with E-state index in [1.807, 2.05) is 61.2 Å². The van der Waals surface area contributed by atoms with Crippen molar-refractivity contribution in [2.75, 3.05) is 27.3 Å². The number of benzene rings is 2. The van der Waals surface area contributed by atoms with Crippen molar-refractivity contribution in [1.29, 1.82) is 0 Å². The minimum absolute atomic E-state index is 0.0946. The molecule has 4 rings (SSSR count). The average molecular weight is 431 g/mol. The smallest absolute Gasteiger partial charge is 0.254 e. The summed E-state index contributed by atoms with van der Waals surface area (Å²) in [4.78, 5) is 20.5. The number of amides is 1. The zero-order chi connectivity index (χ0) is 22.7. The third kappa shape index (κ3) is 3.95. The van der Waals surface area contributed by atoms with Gasteiger partial charge in [0.25, 0.3) is 5.91 Å². The molecular weight excluding hydrogens is 400 g/mol. The first kappa shape index (κ1) is 21.9. The van der Waals surface area contributed by atoms with Crippen molar-refractivity contribution in [3.63, 3.8) is 0 Å². The van der Waals surface area contributed by atoms with Crippen molar-refractivity contribution in [2.24, 2.45) is 0 Å². The van der Waals surface area contributed by atoms with Gasteiger partial charge in [0.2, 0.25) is 0 Å². The minimum Gasteiger partial charge on any atom is -0.493 e. The summed E-state index contributed by atoms with van der Waals surface area (Å²) in [5.41, 5.74) is 5.86. The Morgan fingerprint density at radius 3 is 2.50 bits per heavy atom. The fraction of sp³-hybridized carbons (Fsp3) is 0.333. The van der Waals surface area contributed by atoms with Crippen molar-refractivity contribution in [2.45, 2.75) is 33.1 Å². The third-order valence-electron chi connectivity index (χ3n) is 6.18. The van der Waals surface area contributed by atoms with E-state index in [-0.39, 0.29) is 5.91 Å². The number of ether oxygens (including phenoxy) is 2. The Kier molecular flexibility index (Phi) is 6.45. The summed E-state index contributed by atoms with van der Waals surface area (Å²) in [6.45, 7) is 5.43. The summed E-state index contributed by atoms with van der Waals surface area (Å²) < 4.78 is 10.8. The van der Waals surface area contributed by atoms with Crippen LogP contribution < -0.4 is 9.47 Å². The number of carbonyl (C=O) groups is 1. The summed E-state index contributed by atoms with van der Waals surface area (Å²) in [5, 5.41) is 0.940. The number of allylic oxidation sites excluding steroid dienone is 1. The molecule has 3 aromatic rings. The SMILES string of the molecule is CCN(CC)C(=O)c1c2c(nc3ccccc13)/C(=C\c1ccc(OC)c(OC)c1)CCC2. The van der Waals surface area contributed by atoms with Crippen molar-refractivity contribution in [1.82, 2.24) is 9.88 Å². The van der Waals surface area contributed by atoms with Crippen LogP contribution in [0.25, 0.3) is 22.6 Å². The van der Waals surface area contributed by atoms with Crippen molar-refractivity contribution in [3.05, 3.63) is 64.8 Å². The summed E-state index contributed by atoms with van der Waals surface area (Å²) in [5.74, 6) is 1.49. The van der Waals surface area contributed by atoms with E-state index in [2.05, 4.69) is 6.08 Å². The molecule has 0 aliphatic heterocycles. The molecule has 1 amide bonds. The zero-order valence-electron chi connectivity index (χ0n) is 19.3. The molecule has 166 valence electrons. The zero-order valence-corrected chi connectivity index (χ0v) is 19.3. The van der Waals surface area contributed by atoms with Crippen LogP contribution in [0.15, 0.2) is 42.5 Å². The molecule has 0 saturated heterocycles. The minimum atomic E-state index is 0.0946. The lowest BCUT2D eigenvalue weighted by atomic mass is 9.85. The monoisotopic (exact) mass is 430 g/mol. The molecule has 5 heteroatoms. The highest BCUT2D eigenvalue weighted by Gasteiger charge is 2.27. The van der Waals surface area contributed by atoms with Crippen LogP contribution in [0, 0.1) is 0 Å². The summed E-state index contributed by atoms with van der Waals surface area (Å²) in [7, 11) is 3.28. The second-order valence-corrected chi connectivity index (χ2v) is 7.95. The highest BCUT2D eigenvalue weighted by molar-refractivity contribution is 6.09. The van der Waals surface area contributed by atoms with Gasteiger partial charge in [-0.1, -0.05) is 24.3 Å². The van der Waals surface area contributed by atoms with Crippen LogP contribution in [-0.2, 0) is 6.42 Å². The maximum Gasteiger partial charge on any atom is 0.254 e. The van der Waals surface area contributed by atoms with Crippen molar-refractivity contribution < 1.29 is 14.3 Å². The molecule has 2 aromatic carbocycles. The molecule has 0 bridgehead atoms. The second kappa shape index (κ2) is 9.43. The van der Waals surface area contributed by atoms with Gasteiger partial charge < -0.3 is 14.4 Å². The highest BCUT2D eigenvalue weighted by Crippen LogP contribution is 2.37. The largest absolute Gasteiger partial charge is 0.493 e. The van der Waals surface area contributed by atoms with Gasteiger partial charge in [-0.25, -0.2) is 4.98 Å². The first-order chi connectivity index (χ1) is 15.6. The first-order valence-corrected chi connectivity index (χ1v) is 11.2. The number of hydrogen-bond acceptors (Lipinski definition) is 4. The van der Waals surface area contributed by atoms with E-state index in [4.69, 9.17) is 14.5 Å². The number of carbonyl (C=O) groups excluding carboxylic acids is 1. The number of aromatic nitrogens is 1. The Balaban J connectivity index is 1.90. The van der Waals surface area contributed by atoms with Gasteiger partial charge in [0.15, 0.2) is 11.5 Å². The van der Waals surface area contributed by atoms with Crippen molar-refractivity contribution >= 4 is 28.5 Å². The summed E-state index contributed by atoms with van der Waals surface area (Å²) in [6, 6.07) is 13.9. The number of nitrogens with zero attached hydrogens (tertiary/aromatic N) is 2. The lowest BCUT2D eigenvalue weighted by Crippen LogP contribution is -2.32. The van der Waals surface area contributed by atoms with E-state index < -0.39 is 0 Å². The number of rotatable bonds is 6. The van der Waals surface area contributed by atoms with Gasteiger partial charge in [-0.05, 0) is 74.1 Å². The Labute approximate surface area is 189 Å². The lowest BCUT2D eigenvalue weighted by Gasteiger charge is -2.26. The molecule has 0 unspecified atom stereocenters. The number of hydrogen-bond donors (Lipinski definition) is 0. The van der Waals surface area contributed by atoms with E-state index in [1.54, 1.807) is 14.2 Å². The average Bonchev–Trinajstić information content (AvgIpc) is 2.83.